The molecule has 1 atom stereocenters. The number of H-pyrrole nitrogens is 1. The topological polar surface area (TPSA) is 74.8 Å². The second kappa shape index (κ2) is 6.13. The van der Waals surface area contributed by atoms with Gasteiger partial charge in [0.2, 0.25) is 0 Å². The molecule has 0 bridgehead atoms. The fraction of sp³-hybridized carbons (Fsp3) is 0.538. The van der Waals surface area contributed by atoms with Crippen molar-refractivity contribution in [2.75, 3.05) is 13.6 Å². The molecule has 1 unspecified atom stereocenters. The number of amides is 1. The molecule has 7 heteroatoms. The molecular formula is C13H19N5OS. The zero-order chi connectivity index (χ0) is 14.7. The van der Waals surface area contributed by atoms with E-state index in [1.54, 1.807) is 4.90 Å². The van der Waals surface area contributed by atoms with E-state index < -0.39 is 0 Å². The van der Waals surface area contributed by atoms with Gasteiger partial charge >= 0.3 is 0 Å². The number of nitrogens with zero attached hydrogens (tertiary/aromatic N) is 4. The highest BCUT2D eigenvalue weighted by atomic mass is 32.1. The third kappa shape index (κ3) is 3.04. The van der Waals surface area contributed by atoms with E-state index in [0.29, 0.717) is 18.3 Å². The highest BCUT2D eigenvalue weighted by molar-refractivity contribution is 7.12. The standard InChI is InChI=1S/C13H19N5OS/c1-8(2)10-5-6-20-11(10)13(19)18(4)7-9(3)12-14-16-17-15-12/h5-6,8-9H,7H2,1-4H3,(H,14,15,16,17). The molecule has 1 N–H and O–H groups in total. The Kier molecular flexibility index (Phi) is 4.49. The largest absolute Gasteiger partial charge is 0.340 e. The van der Waals surface area contributed by atoms with Crippen LogP contribution in [0, 0.1) is 0 Å². The summed E-state index contributed by atoms with van der Waals surface area (Å²) < 4.78 is 0. The normalized spacial score (nSPS) is 12.7. The second-order valence-electron chi connectivity index (χ2n) is 5.22. The molecule has 1 amide bonds. The Morgan fingerprint density at radius 2 is 2.20 bits per heavy atom. The van der Waals surface area contributed by atoms with Crippen LogP contribution in [0.5, 0.6) is 0 Å². The van der Waals surface area contributed by atoms with Crippen LogP contribution in [-0.2, 0) is 0 Å². The van der Waals surface area contributed by atoms with Gasteiger partial charge in [-0.3, -0.25) is 4.79 Å². The number of tetrazole rings is 1. The van der Waals surface area contributed by atoms with Crippen molar-refractivity contribution in [1.29, 1.82) is 0 Å². The molecule has 2 rings (SSSR count). The van der Waals surface area contributed by atoms with Crippen molar-refractivity contribution < 1.29 is 4.79 Å². The van der Waals surface area contributed by atoms with Crippen molar-refractivity contribution in [2.24, 2.45) is 0 Å². The maximum atomic E-state index is 12.5. The predicted molar refractivity (Wildman–Crippen MR) is 78.0 cm³/mol. The first kappa shape index (κ1) is 14.6. The van der Waals surface area contributed by atoms with Gasteiger partial charge in [-0.25, -0.2) is 0 Å². The number of hydrogen-bond acceptors (Lipinski definition) is 5. The third-order valence-electron chi connectivity index (χ3n) is 3.21. The fourth-order valence-corrected chi connectivity index (χ4v) is 3.12. The summed E-state index contributed by atoms with van der Waals surface area (Å²) in [5.41, 5.74) is 1.11. The molecule has 0 aliphatic carbocycles. The number of nitrogens with one attached hydrogen (secondary N) is 1. The Morgan fingerprint density at radius 1 is 1.45 bits per heavy atom. The van der Waals surface area contributed by atoms with Gasteiger partial charge in [-0.15, -0.1) is 21.5 Å². The van der Waals surface area contributed by atoms with Crippen molar-refractivity contribution in [3.05, 3.63) is 27.7 Å². The first-order valence-corrected chi connectivity index (χ1v) is 7.44. The average molecular weight is 293 g/mol. The highest BCUT2D eigenvalue weighted by Gasteiger charge is 2.21. The Labute approximate surface area is 122 Å². The summed E-state index contributed by atoms with van der Waals surface area (Å²) in [7, 11) is 1.81. The van der Waals surface area contributed by atoms with Crippen molar-refractivity contribution in [3.8, 4) is 0 Å². The van der Waals surface area contributed by atoms with Crippen LogP contribution < -0.4 is 0 Å². The molecule has 6 nitrogen and oxygen atoms in total. The molecule has 0 aromatic carbocycles. The lowest BCUT2D eigenvalue weighted by molar-refractivity contribution is 0.0790. The minimum Gasteiger partial charge on any atom is -0.340 e. The molecule has 0 fully saturated rings. The van der Waals surface area contributed by atoms with E-state index in [9.17, 15) is 4.79 Å². The lowest BCUT2D eigenvalue weighted by Gasteiger charge is -2.20. The van der Waals surface area contributed by atoms with Gasteiger partial charge in [0, 0.05) is 19.5 Å². The van der Waals surface area contributed by atoms with Crippen molar-refractivity contribution in [1.82, 2.24) is 25.5 Å². The number of carbonyl (C=O) groups is 1. The van der Waals surface area contributed by atoms with Crippen LogP contribution in [0.15, 0.2) is 11.4 Å². The van der Waals surface area contributed by atoms with Gasteiger partial charge in [-0.05, 0) is 22.9 Å². The Morgan fingerprint density at radius 3 is 2.80 bits per heavy atom. The van der Waals surface area contributed by atoms with Crippen molar-refractivity contribution in [2.45, 2.75) is 32.6 Å². The summed E-state index contributed by atoms with van der Waals surface area (Å²) in [6.45, 7) is 6.74. The van der Waals surface area contributed by atoms with Gasteiger partial charge in [-0.2, -0.15) is 5.21 Å². The molecule has 20 heavy (non-hydrogen) atoms. The van der Waals surface area contributed by atoms with E-state index in [4.69, 9.17) is 0 Å². The maximum absolute atomic E-state index is 12.5. The summed E-state index contributed by atoms with van der Waals surface area (Å²) in [5, 5.41) is 15.9. The molecule has 2 aromatic heterocycles. The van der Waals surface area contributed by atoms with Crippen molar-refractivity contribution >= 4 is 17.2 Å². The zero-order valence-electron chi connectivity index (χ0n) is 12.1. The van der Waals surface area contributed by atoms with Gasteiger partial charge in [-0.1, -0.05) is 26.0 Å². The van der Waals surface area contributed by atoms with E-state index in [1.807, 2.05) is 25.4 Å². The smallest absolute Gasteiger partial charge is 0.263 e. The summed E-state index contributed by atoms with van der Waals surface area (Å²) in [6, 6.07) is 2.03. The molecule has 2 heterocycles. The summed E-state index contributed by atoms with van der Waals surface area (Å²) in [4.78, 5) is 15.1. The number of carbonyl (C=O) groups excluding carboxylic acids is 1. The molecule has 2 aromatic rings. The molecule has 0 radical (unpaired) electrons. The Bertz CT molecular complexity index is 563. The number of likely N-dealkylation sites (N-methyl/N-ethyl adjacent to an activating group) is 1. The van der Waals surface area contributed by atoms with Crippen LogP contribution in [-0.4, -0.2) is 45.0 Å². The molecule has 0 saturated carbocycles. The Balaban J connectivity index is 2.07. The van der Waals surface area contributed by atoms with Gasteiger partial charge < -0.3 is 4.90 Å². The van der Waals surface area contributed by atoms with E-state index in [2.05, 4.69) is 34.5 Å². The van der Waals surface area contributed by atoms with Crippen LogP contribution in [0.3, 0.4) is 0 Å². The quantitative estimate of drug-likeness (QED) is 0.917. The lowest BCUT2D eigenvalue weighted by Crippen LogP contribution is -2.30. The number of thiophene rings is 1. The fourth-order valence-electron chi connectivity index (χ4n) is 2.07. The summed E-state index contributed by atoms with van der Waals surface area (Å²) >= 11 is 1.50. The van der Waals surface area contributed by atoms with E-state index in [-0.39, 0.29) is 11.8 Å². The first-order valence-electron chi connectivity index (χ1n) is 6.57. The molecule has 0 spiro atoms. The average Bonchev–Trinajstić information content (AvgIpc) is 3.08. The second-order valence-corrected chi connectivity index (χ2v) is 6.13. The summed E-state index contributed by atoms with van der Waals surface area (Å²) in [5.74, 6) is 1.08. The predicted octanol–water partition coefficient (Wildman–Crippen LogP) is 2.26. The molecule has 0 saturated heterocycles. The number of aromatic amines is 1. The first-order chi connectivity index (χ1) is 9.50. The highest BCUT2D eigenvalue weighted by Crippen LogP contribution is 2.26. The van der Waals surface area contributed by atoms with Crippen LogP contribution in [0.25, 0.3) is 0 Å². The molecule has 108 valence electrons. The van der Waals surface area contributed by atoms with E-state index in [1.165, 1.54) is 11.3 Å². The van der Waals surface area contributed by atoms with E-state index >= 15 is 0 Å². The minimum absolute atomic E-state index is 0.0464. The molecule has 0 aliphatic heterocycles. The van der Waals surface area contributed by atoms with Crippen molar-refractivity contribution in [3.63, 3.8) is 0 Å². The number of aromatic nitrogens is 4. The maximum Gasteiger partial charge on any atom is 0.263 e. The van der Waals surface area contributed by atoms with Gasteiger partial charge in [0.15, 0.2) is 5.82 Å². The van der Waals surface area contributed by atoms with Crippen LogP contribution in [0.4, 0.5) is 0 Å². The van der Waals surface area contributed by atoms with Crippen LogP contribution >= 0.6 is 11.3 Å². The van der Waals surface area contributed by atoms with Gasteiger partial charge in [0.1, 0.15) is 0 Å². The number of rotatable bonds is 5. The zero-order valence-corrected chi connectivity index (χ0v) is 12.9. The summed E-state index contributed by atoms with van der Waals surface area (Å²) in [6.07, 6.45) is 0. The van der Waals surface area contributed by atoms with E-state index in [0.717, 1.165) is 10.4 Å². The van der Waals surface area contributed by atoms with Gasteiger partial charge in [0.25, 0.3) is 5.91 Å². The van der Waals surface area contributed by atoms with Crippen LogP contribution in [0.2, 0.25) is 0 Å². The minimum atomic E-state index is 0.0464. The third-order valence-corrected chi connectivity index (χ3v) is 4.13. The Hall–Kier alpha value is -1.76. The number of hydrogen-bond donors (Lipinski definition) is 1. The SMILES string of the molecule is CC(C)c1ccsc1C(=O)N(C)CC(C)c1nn[nH]n1. The van der Waals surface area contributed by atoms with Crippen LogP contribution in [0.1, 0.15) is 53.7 Å². The monoisotopic (exact) mass is 293 g/mol. The molecular weight excluding hydrogens is 274 g/mol. The van der Waals surface area contributed by atoms with Gasteiger partial charge in [0.05, 0.1) is 4.88 Å². The molecule has 0 aliphatic rings. The lowest BCUT2D eigenvalue weighted by atomic mass is 10.0.